The van der Waals surface area contributed by atoms with E-state index in [0.29, 0.717) is 0 Å². The van der Waals surface area contributed by atoms with Gasteiger partial charge in [-0.3, -0.25) is 0 Å². The first-order chi connectivity index (χ1) is 14.3. The largest absolute Gasteiger partial charge is 0.370 e. The molecular weight excluding hydrogens is 365 g/mol. The lowest BCUT2D eigenvalue weighted by Gasteiger charge is -2.36. The number of aryl methyl sites for hydroxylation is 1. The van der Waals surface area contributed by atoms with Crippen LogP contribution in [-0.4, -0.2) is 42.7 Å². The Balaban J connectivity index is 1.27. The molecule has 0 unspecified atom stereocenters. The Morgan fingerprint density at radius 1 is 0.862 bits per heavy atom. The second-order valence-electron chi connectivity index (χ2n) is 7.23. The molecule has 6 heteroatoms. The number of hydrogen-bond donors (Lipinski definition) is 1. The number of piperazine rings is 1. The monoisotopic (exact) mass is 391 g/mol. The second-order valence-corrected chi connectivity index (χ2v) is 7.23. The maximum absolute atomic E-state index is 13.1. The van der Waals surface area contributed by atoms with Gasteiger partial charge in [-0.15, -0.1) is 0 Å². The summed E-state index contributed by atoms with van der Waals surface area (Å²) in [7, 11) is 0. The summed E-state index contributed by atoms with van der Waals surface area (Å²) in [5.74, 6) is 1.62. The number of nitrogens with one attached hydrogen (secondary N) is 1. The summed E-state index contributed by atoms with van der Waals surface area (Å²) in [6.45, 7) is 4.40. The third kappa shape index (κ3) is 5.22. The van der Waals surface area contributed by atoms with Gasteiger partial charge in [-0.2, -0.15) is 0 Å². The van der Waals surface area contributed by atoms with Crippen molar-refractivity contribution < 1.29 is 4.39 Å². The first-order valence-corrected chi connectivity index (χ1v) is 10.1. The lowest BCUT2D eigenvalue weighted by Crippen LogP contribution is -2.46. The normalized spacial score (nSPS) is 14.1. The summed E-state index contributed by atoms with van der Waals surface area (Å²) in [5.41, 5.74) is 2.42. The molecular formula is C23H26FN5. The number of aromatic nitrogens is 2. The van der Waals surface area contributed by atoms with Gasteiger partial charge in [-0.25, -0.2) is 14.4 Å². The van der Waals surface area contributed by atoms with E-state index in [1.165, 1.54) is 17.7 Å². The average Bonchev–Trinajstić information content (AvgIpc) is 2.78. The van der Waals surface area contributed by atoms with Crippen LogP contribution in [0.1, 0.15) is 12.0 Å². The van der Waals surface area contributed by atoms with Gasteiger partial charge in [0.15, 0.2) is 0 Å². The quantitative estimate of drug-likeness (QED) is 0.617. The van der Waals surface area contributed by atoms with Crippen LogP contribution in [0.15, 0.2) is 67.0 Å². The maximum atomic E-state index is 13.1. The molecule has 2 aromatic carbocycles. The van der Waals surface area contributed by atoms with E-state index in [9.17, 15) is 4.39 Å². The first kappa shape index (κ1) is 19.2. The topological polar surface area (TPSA) is 44.3 Å². The molecule has 3 aromatic rings. The van der Waals surface area contributed by atoms with Crippen molar-refractivity contribution in [2.45, 2.75) is 12.8 Å². The van der Waals surface area contributed by atoms with Crippen LogP contribution in [0.4, 0.5) is 21.7 Å². The van der Waals surface area contributed by atoms with Gasteiger partial charge in [-0.1, -0.05) is 30.3 Å². The third-order valence-electron chi connectivity index (χ3n) is 5.24. The average molecular weight is 391 g/mol. The minimum absolute atomic E-state index is 0.197. The molecule has 0 amide bonds. The predicted molar refractivity (Wildman–Crippen MR) is 116 cm³/mol. The van der Waals surface area contributed by atoms with E-state index in [2.05, 4.69) is 49.4 Å². The maximum Gasteiger partial charge on any atom is 0.134 e. The molecule has 0 atom stereocenters. The van der Waals surface area contributed by atoms with Crippen molar-refractivity contribution in [1.82, 2.24) is 9.97 Å². The van der Waals surface area contributed by atoms with E-state index in [1.807, 2.05) is 24.3 Å². The van der Waals surface area contributed by atoms with Crippen LogP contribution in [0.5, 0.6) is 0 Å². The standard InChI is InChI=1S/C23H26FN5/c24-20-8-10-21(11-9-20)28-13-15-29(16-14-28)23-17-22(26-18-27-23)25-12-4-7-19-5-2-1-3-6-19/h1-3,5-6,8-11,17-18H,4,7,12-16H2,(H,25,26,27). The SMILES string of the molecule is Fc1ccc(N2CCN(c3cc(NCCCc4ccccc4)ncn3)CC2)cc1. The highest BCUT2D eigenvalue weighted by Crippen LogP contribution is 2.20. The Labute approximate surface area is 171 Å². The van der Waals surface area contributed by atoms with E-state index in [-0.39, 0.29) is 5.82 Å². The molecule has 5 nitrogen and oxygen atoms in total. The molecule has 1 aliphatic heterocycles. The molecule has 1 aliphatic rings. The van der Waals surface area contributed by atoms with Gasteiger partial charge in [0.25, 0.3) is 0 Å². The number of halogens is 1. The van der Waals surface area contributed by atoms with E-state index < -0.39 is 0 Å². The molecule has 0 bridgehead atoms. The molecule has 29 heavy (non-hydrogen) atoms. The van der Waals surface area contributed by atoms with Crippen molar-refractivity contribution in [3.63, 3.8) is 0 Å². The van der Waals surface area contributed by atoms with Crippen molar-refractivity contribution >= 4 is 17.3 Å². The minimum atomic E-state index is -0.197. The van der Waals surface area contributed by atoms with Crippen LogP contribution in [0, 0.1) is 5.82 Å². The summed E-state index contributed by atoms with van der Waals surface area (Å²) >= 11 is 0. The zero-order chi connectivity index (χ0) is 19.9. The fraction of sp³-hybridized carbons (Fsp3) is 0.304. The fourth-order valence-corrected chi connectivity index (χ4v) is 3.62. The Hall–Kier alpha value is -3.15. The van der Waals surface area contributed by atoms with Crippen molar-refractivity contribution in [2.24, 2.45) is 0 Å². The number of rotatable bonds is 7. The molecule has 1 aromatic heterocycles. The molecule has 2 heterocycles. The fourth-order valence-electron chi connectivity index (χ4n) is 3.62. The molecule has 1 N–H and O–H groups in total. The van der Waals surface area contributed by atoms with E-state index in [4.69, 9.17) is 0 Å². The highest BCUT2D eigenvalue weighted by Gasteiger charge is 2.18. The highest BCUT2D eigenvalue weighted by molar-refractivity contribution is 5.52. The summed E-state index contributed by atoms with van der Waals surface area (Å²) < 4.78 is 13.1. The number of anilines is 3. The van der Waals surface area contributed by atoms with Gasteiger partial charge in [0, 0.05) is 44.5 Å². The molecule has 4 rings (SSSR count). The zero-order valence-corrected chi connectivity index (χ0v) is 16.5. The van der Waals surface area contributed by atoms with Gasteiger partial charge in [0.1, 0.15) is 23.8 Å². The van der Waals surface area contributed by atoms with Crippen molar-refractivity contribution in [1.29, 1.82) is 0 Å². The molecule has 0 aliphatic carbocycles. The van der Waals surface area contributed by atoms with Gasteiger partial charge >= 0.3 is 0 Å². The van der Waals surface area contributed by atoms with Crippen LogP contribution in [0.25, 0.3) is 0 Å². The van der Waals surface area contributed by atoms with Gasteiger partial charge < -0.3 is 15.1 Å². The molecule has 1 fully saturated rings. The zero-order valence-electron chi connectivity index (χ0n) is 16.5. The van der Waals surface area contributed by atoms with Gasteiger partial charge in [-0.05, 0) is 42.7 Å². The molecule has 0 radical (unpaired) electrons. The summed E-state index contributed by atoms with van der Waals surface area (Å²) in [6.07, 6.45) is 3.73. The lowest BCUT2D eigenvalue weighted by atomic mass is 10.1. The Morgan fingerprint density at radius 3 is 2.34 bits per heavy atom. The summed E-state index contributed by atoms with van der Waals surface area (Å²) in [5, 5.41) is 3.41. The Morgan fingerprint density at radius 2 is 1.59 bits per heavy atom. The van der Waals surface area contributed by atoms with Gasteiger partial charge in [0.05, 0.1) is 0 Å². The minimum Gasteiger partial charge on any atom is -0.370 e. The molecule has 1 saturated heterocycles. The summed E-state index contributed by atoms with van der Waals surface area (Å²) in [6, 6.07) is 19.3. The predicted octanol–water partition coefficient (Wildman–Crippen LogP) is 3.99. The van der Waals surface area contributed by atoms with Crippen LogP contribution in [0.3, 0.4) is 0 Å². The van der Waals surface area contributed by atoms with E-state index >= 15 is 0 Å². The Kier molecular flexibility index (Phi) is 6.19. The van der Waals surface area contributed by atoms with Crippen LogP contribution in [0.2, 0.25) is 0 Å². The lowest BCUT2D eigenvalue weighted by molar-refractivity contribution is 0.624. The Bertz CT molecular complexity index is 893. The summed E-state index contributed by atoms with van der Waals surface area (Å²) in [4.78, 5) is 13.4. The smallest absolute Gasteiger partial charge is 0.134 e. The van der Waals surface area contributed by atoms with Gasteiger partial charge in [0.2, 0.25) is 0 Å². The molecule has 0 spiro atoms. The highest BCUT2D eigenvalue weighted by atomic mass is 19.1. The van der Waals surface area contributed by atoms with Crippen LogP contribution >= 0.6 is 0 Å². The van der Waals surface area contributed by atoms with Crippen molar-refractivity contribution in [3.8, 4) is 0 Å². The van der Waals surface area contributed by atoms with Crippen molar-refractivity contribution in [3.05, 3.63) is 78.4 Å². The van der Waals surface area contributed by atoms with Crippen LogP contribution < -0.4 is 15.1 Å². The van der Waals surface area contributed by atoms with Crippen LogP contribution in [-0.2, 0) is 6.42 Å². The number of hydrogen-bond acceptors (Lipinski definition) is 5. The number of benzene rings is 2. The third-order valence-corrected chi connectivity index (χ3v) is 5.24. The number of nitrogens with zero attached hydrogens (tertiary/aromatic N) is 4. The van der Waals surface area contributed by atoms with Crippen molar-refractivity contribution in [2.75, 3.05) is 47.8 Å². The first-order valence-electron chi connectivity index (χ1n) is 10.1. The van der Waals surface area contributed by atoms with E-state index in [0.717, 1.165) is 62.9 Å². The molecule has 150 valence electrons. The molecule has 0 saturated carbocycles. The second kappa shape index (κ2) is 9.37. The van der Waals surface area contributed by atoms with E-state index in [1.54, 1.807) is 6.33 Å².